The van der Waals surface area contributed by atoms with Gasteiger partial charge in [-0.15, -0.1) is 0 Å². The van der Waals surface area contributed by atoms with E-state index >= 15 is 0 Å². The quantitative estimate of drug-likeness (QED) is 0.179. The SMILES string of the molecule is C1=CC(c2ccc(-c3nc(-c4ccc5ccccc5c4)nc(-c4cccc5oc6cc(-c7ccc8ccccc8c7)ccc6c45)n3)cc2)Cc2ccccc21. The third-order valence-corrected chi connectivity index (χ3v) is 11.1. The molecule has 8 aromatic carbocycles. The van der Waals surface area contributed by atoms with Crippen LogP contribution < -0.4 is 0 Å². The molecule has 258 valence electrons. The molecule has 0 bridgehead atoms. The largest absolute Gasteiger partial charge is 0.456 e. The summed E-state index contributed by atoms with van der Waals surface area (Å²) in [7, 11) is 0. The Morgan fingerprint density at radius 3 is 1.87 bits per heavy atom. The third-order valence-electron chi connectivity index (χ3n) is 11.1. The van der Waals surface area contributed by atoms with Gasteiger partial charge in [0.1, 0.15) is 11.2 Å². The van der Waals surface area contributed by atoms with Crippen LogP contribution in [0.1, 0.15) is 22.6 Å². The fourth-order valence-electron chi connectivity index (χ4n) is 8.16. The molecule has 55 heavy (non-hydrogen) atoms. The van der Waals surface area contributed by atoms with Crippen molar-refractivity contribution in [1.29, 1.82) is 0 Å². The monoisotopic (exact) mass is 703 g/mol. The highest BCUT2D eigenvalue weighted by Gasteiger charge is 2.20. The van der Waals surface area contributed by atoms with E-state index in [1.165, 1.54) is 32.8 Å². The molecule has 2 aromatic heterocycles. The van der Waals surface area contributed by atoms with Gasteiger partial charge in [0.2, 0.25) is 0 Å². The van der Waals surface area contributed by atoms with E-state index in [2.05, 4.69) is 170 Å². The molecular formula is C51H33N3O. The number of nitrogens with zero attached hydrogens (tertiary/aromatic N) is 3. The highest BCUT2D eigenvalue weighted by atomic mass is 16.3. The van der Waals surface area contributed by atoms with Crippen molar-refractivity contribution >= 4 is 49.6 Å². The van der Waals surface area contributed by atoms with Gasteiger partial charge in [0.25, 0.3) is 0 Å². The molecule has 0 spiro atoms. The molecule has 2 heterocycles. The van der Waals surface area contributed by atoms with Gasteiger partial charge in [-0.05, 0) is 86.1 Å². The molecule has 4 heteroatoms. The summed E-state index contributed by atoms with van der Waals surface area (Å²) in [6, 6.07) is 59.8. The van der Waals surface area contributed by atoms with Crippen LogP contribution in [0, 0.1) is 0 Å². The Morgan fingerprint density at radius 2 is 1.07 bits per heavy atom. The van der Waals surface area contributed by atoms with Crippen molar-refractivity contribution in [3.8, 4) is 45.3 Å². The van der Waals surface area contributed by atoms with Crippen LogP contribution in [0.3, 0.4) is 0 Å². The molecule has 1 unspecified atom stereocenters. The topological polar surface area (TPSA) is 51.8 Å². The van der Waals surface area contributed by atoms with Gasteiger partial charge < -0.3 is 4.42 Å². The molecule has 0 amide bonds. The second-order valence-electron chi connectivity index (χ2n) is 14.4. The highest BCUT2D eigenvalue weighted by Crippen LogP contribution is 2.39. The molecule has 11 rings (SSSR count). The number of hydrogen-bond donors (Lipinski definition) is 0. The normalized spacial score (nSPS) is 13.9. The van der Waals surface area contributed by atoms with Crippen LogP contribution in [0.25, 0.3) is 94.8 Å². The van der Waals surface area contributed by atoms with Crippen LogP contribution >= 0.6 is 0 Å². The maximum Gasteiger partial charge on any atom is 0.164 e. The Kier molecular flexibility index (Phi) is 7.27. The first-order valence-corrected chi connectivity index (χ1v) is 18.8. The molecule has 0 saturated carbocycles. The lowest BCUT2D eigenvalue weighted by Gasteiger charge is -2.20. The van der Waals surface area contributed by atoms with E-state index in [0.717, 1.165) is 61.6 Å². The maximum atomic E-state index is 6.56. The number of hydrogen-bond acceptors (Lipinski definition) is 4. The van der Waals surface area contributed by atoms with Crippen molar-refractivity contribution in [1.82, 2.24) is 15.0 Å². The van der Waals surface area contributed by atoms with Gasteiger partial charge in [-0.2, -0.15) is 0 Å². The summed E-state index contributed by atoms with van der Waals surface area (Å²) in [6.07, 6.45) is 5.55. The van der Waals surface area contributed by atoms with E-state index in [-0.39, 0.29) is 0 Å². The summed E-state index contributed by atoms with van der Waals surface area (Å²) in [5.74, 6) is 2.19. The Bertz CT molecular complexity index is 3140. The lowest BCUT2D eigenvalue weighted by molar-refractivity contribution is 0.669. The summed E-state index contributed by atoms with van der Waals surface area (Å²) >= 11 is 0. The number of furan rings is 1. The van der Waals surface area contributed by atoms with Gasteiger partial charge in [0.15, 0.2) is 17.5 Å². The number of allylic oxidation sites excluding steroid dienone is 1. The van der Waals surface area contributed by atoms with E-state index < -0.39 is 0 Å². The average Bonchev–Trinajstić information content (AvgIpc) is 3.64. The van der Waals surface area contributed by atoms with E-state index in [1.54, 1.807) is 0 Å². The second-order valence-corrected chi connectivity index (χ2v) is 14.4. The minimum absolute atomic E-state index is 0.319. The van der Waals surface area contributed by atoms with Gasteiger partial charge in [0, 0.05) is 33.4 Å². The first-order chi connectivity index (χ1) is 27.2. The molecule has 1 aliphatic rings. The van der Waals surface area contributed by atoms with Crippen molar-refractivity contribution in [3.63, 3.8) is 0 Å². The van der Waals surface area contributed by atoms with E-state index in [0.29, 0.717) is 23.4 Å². The van der Waals surface area contributed by atoms with Crippen LogP contribution in [0.2, 0.25) is 0 Å². The van der Waals surface area contributed by atoms with Crippen molar-refractivity contribution in [2.45, 2.75) is 12.3 Å². The van der Waals surface area contributed by atoms with Crippen LogP contribution in [0.15, 0.2) is 180 Å². The molecule has 1 atom stereocenters. The number of fused-ring (bicyclic) bond motifs is 6. The molecule has 0 radical (unpaired) electrons. The van der Waals surface area contributed by atoms with Crippen LogP contribution in [-0.4, -0.2) is 15.0 Å². The zero-order valence-corrected chi connectivity index (χ0v) is 29.9. The summed E-state index contributed by atoms with van der Waals surface area (Å²) in [5, 5.41) is 6.77. The van der Waals surface area contributed by atoms with Crippen LogP contribution in [0.4, 0.5) is 0 Å². The predicted octanol–water partition coefficient (Wildman–Crippen LogP) is 13.1. The Labute approximate surface area is 318 Å². The van der Waals surface area contributed by atoms with Gasteiger partial charge in [-0.25, -0.2) is 15.0 Å². The zero-order chi connectivity index (χ0) is 36.3. The second kappa shape index (κ2) is 12.8. The van der Waals surface area contributed by atoms with Crippen molar-refractivity contribution in [2.24, 2.45) is 0 Å². The molecule has 0 aliphatic heterocycles. The Morgan fingerprint density at radius 1 is 0.455 bits per heavy atom. The van der Waals surface area contributed by atoms with Crippen molar-refractivity contribution in [3.05, 3.63) is 193 Å². The fraction of sp³-hybridized carbons (Fsp3) is 0.0392. The fourth-order valence-corrected chi connectivity index (χ4v) is 8.16. The Hall–Kier alpha value is -7.17. The van der Waals surface area contributed by atoms with E-state index in [4.69, 9.17) is 19.4 Å². The molecule has 0 N–H and O–H groups in total. The van der Waals surface area contributed by atoms with Gasteiger partial charge >= 0.3 is 0 Å². The van der Waals surface area contributed by atoms with Gasteiger partial charge in [0.05, 0.1) is 0 Å². The summed E-state index contributed by atoms with van der Waals surface area (Å²) in [4.78, 5) is 15.5. The lowest BCUT2D eigenvalue weighted by Crippen LogP contribution is -2.05. The molecular weight excluding hydrogens is 671 g/mol. The number of benzene rings is 8. The lowest BCUT2D eigenvalue weighted by atomic mass is 9.85. The number of aromatic nitrogens is 3. The van der Waals surface area contributed by atoms with Crippen LogP contribution in [-0.2, 0) is 6.42 Å². The number of rotatable bonds is 5. The summed E-state index contributed by atoms with van der Waals surface area (Å²) < 4.78 is 6.56. The smallest absolute Gasteiger partial charge is 0.164 e. The molecule has 4 nitrogen and oxygen atoms in total. The minimum Gasteiger partial charge on any atom is -0.456 e. The standard InChI is InChI=1S/C51H33N3O/c1-4-11-37-28-40(23-18-32(37)8-1)35-16-21-36(22-17-35)49-52-50(43-25-20-34-10-3-6-13-39(34)30-43)54-51(53-49)45-14-7-15-46-48(45)44-27-26-42(31-47(44)55-46)41-24-19-33-9-2-5-12-38(33)29-41/h1-27,29-31,40H,28H2. The van der Waals surface area contributed by atoms with Crippen molar-refractivity contribution < 1.29 is 4.42 Å². The maximum absolute atomic E-state index is 6.56. The van der Waals surface area contributed by atoms with E-state index in [1.807, 2.05) is 12.1 Å². The minimum atomic E-state index is 0.319. The summed E-state index contributed by atoms with van der Waals surface area (Å²) in [5.41, 5.74) is 10.6. The van der Waals surface area contributed by atoms with E-state index in [9.17, 15) is 0 Å². The molecule has 0 fully saturated rings. The highest BCUT2D eigenvalue weighted by molar-refractivity contribution is 6.12. The molecule has 0 saturated heterocycles. The van der Waals surface area contributed by atoms with Crippen LogP contribution in [0.5, 0.6) is 0 Å². The van der Waals surface area contributed by atoms with Crippen molar-refractivity contribution in [2.75, 3.05) is 0 Å². The third kappa shape index (κ3) is 5.58. The molecule has 1 aliphatic carbocycles. The molecule has 10 aromatic rings. The van der Waals surface area contributed by atoms with Gasteiger partial charge in [-0.3, -0.25) is 0 Å². The first-order valence-electron chi connectivity index (χ1n) is 18.8. The predicted molar refractivity (Wildman–Crippen MR) is 226 cm³/mol. The average molecular weight is 704 g/mol. The first kappa shape index (κ1) is 31.4. The Balaban J connectivity index is 1.03. The summed E-state index contributed by atoms with van der Waals surface area (Å²) in [6.45, 7) is 0. The van der Waals surface area contributed by atoms with Gasteiger partial charge in [-0.1, -0.05) is 152 Å². The zero-order valence-electron chi connectivity index (χ0n) is 29.9.